The number of pyridine rings is 1. The van der Waals surface area contributed by atoms with Crippen LogP contribution in [0.4, 0.5) is 10.3 Å². The van der Waals surface area contributed by atoms with Gasteiger partial charge < -0.3 is 5.73 Å². The lowest BCUT2D eigenvalue weighted by Crippen LogP contribution is -2.33. The number of rotatable bonds is 4. The van der Waals surface area contributed by atoms with Crippen molar-refractivity contribution in [2.45, 2.75) is 23.1 Å². The summed E-state index contributed by atoms with van der Waals surface area (Å²) in [5.74, 6) is -0.860. The molecule has 3 aromatic rings. The predicted octanol–water partition coefficient (Wildman–Crippen LogP) is 2.28. The number of sulfone groups is 2. The zero-order chi connectivity index (χ0) is 22.2. The molecular weight excluding hydrogens is 443 g/mol. The number of anilines is 1. The van der Waals surface area contributed by atoms with E-state index in [-0.39, 0.29) is 46.4 Å². The van der Waals surface area contributed by atoms with Crippen LogP contribution in [0.1, 0.15) is 12.8 Å². The van der Waals surface area contributed by atoms with Crippen molar-refractivity contribution in [2.24, 2.45) is 0 Å². The lowest BCUT2D eigenvalue weighted by Gasteiger charge is -2.22. The van der Waals surface area contributed by atoms with Crippen LogP contribution < -0.4 is 5.73 Å². The second kappa shape index (κ2) is 7.97. The molecule has 0 radical (unpaired) electrons. The highest BCUT2D eigenvalue weighted by Crippen LogP contribution is 2.33. The minimum atomic E-state index is -3.90. The van der Waals surface area contributed by atoms with Crippen molar-refractivity contribution in [1.82, 2.24) is 15.0 Å². The molecule has 1 saturated heterocycles. The van der Waals surface area contributed by atoms with E-state index >= 15 is 0 Å². The summed E-state index contributed by atoms with van der Waals surface area (Å²) in [5.41, 5.74) is 6.74. The van der Waals surface area contributed by atoms with Gasteiger partial charge >= 0.3 is 0 Å². The molecule has 2 N–H and O–H groups in total. The largest absolute Gasteiger partial charge is 0.368 e. The predicted molar refractivity (Wildman–Crippen MR) is 114 cm³/mol. The van der Waals surface area contributed by atoms with E-state index in [2.05, 4.69) is 15.0 Å². The Labute approximate surface area is 179 Å². The van der Waals surface area contributed by atoms with Crippen molar-refractivity contribution in [3.8, 4) is 22.3 Å². The summed E-state index contributed by atoms with van der Waals surface area (Å²) < 4.78 is 64.7. The van der Waals surface area contributed by atoms with E-state index in [1.807, 2.05) is 0 Å². The summed E-state index contributed by atoms with van der Waals surface area (Å²) in [5, 5.41) is -1.03. The maximum absolute atomic E-state index is 14.9. The molecule has 3 heterocycles. The van der Waals surface area contributed by atoms with E-state index in [1.54, 1.807) is 18.2 Å². The molecule has 1 aliphatic rings. The fourth-order valence-electron chi connectivity index (χ4n) is 3.57. The van der Waals surface area contributed by atoms with E-state index in [0.29, 0.717) is 11.1 Å². The number of hydrogen-bond acceptors (Lipinski definition) is 8. The monoisotopic (exact) mass is 462 g/mol. The maximum Gasteiger partial charge on any atom is 0.219 e. The van der Waals surface area contributed by atoms with Gasteiger partial charge in [-0.15, -0.1) is 0 Å². The van der Waals surface area contributed by atoms with Crippen molar-refractivity contribution in [3.63, 3.8) is 0 Å². The van der Waals surface area contributed by atoms with Crippen LogP contribution in [-0.2, 0) is 19.7 Å². The zero-order valence-corrected chi connectivity index (χ0v) is 17.9. The van der Waals surface area contributed by atoms with E-state index in [4.69, 9.17) is 5.73 Å². The lowest BCUT2D eigenvalue weighted by molar-refractivity contribution is 0.550. The van der Waals surface area contributed by atoms with Gasteiger partial charge in [0.15, 0.2) is 14.9 Å². The maximum atomic E-state index is 14.9. The molecule has 1 fully saturated rings. The molecule has 1 aliphatic heterocycles. The minimum absolute atomic E-state index is 0.0190. The average Bonchev–Trinajstić information content (AvgIpc) is 2.74. The van der Waals surface area contributed by atoms with Gasteiger partial charge in [-0.2, -0.15) is 0 Å². The summed E-state index contributed by atoms with van der Waals surface area (Å²) in [4.78, 5) is 11.8. The Kier molecular flexibility index (Phi) is 5.48. The zero-order valence-electron chi connectivity index (χ0n) is 16.3. The quantitative estimate of drug-likeness (QED) is 0.624. The van der Waals surface area contributed by atoms with Crippen molar-refractivity contribution < 1.29 is 21.2 Å². The summed E-state index contributed by atoms with van der Waals surface area (Å²) in [7, 11) is -7.12. The molecule has 0 bridgehead atoms. The number of nitrogens with zero attached hydrogens (tertiary/aromatic N) is 3. The first-order valence-corrected chi connectivity index (χ1v) is 12.8. The smallest absolute Gasteiger partial charge is 0.219 e. The van der Waals surface area contributed by atoms with Crippen LogP contribution in [0.25, 0.3) is 22.3 Å². The molecule has 0 atom stereocenters. The standard InChI is InChI=1S/C20H19FN4O4S2/c21-18-10-13(3-4-16(18)14-11-24-20(22)25-12-14)17-2-1-7-23-19(17)31(28,29)15-5-8-30(26,27)9-6-15/h1-4,7,10-12,15H,5-6,8-9H2,(H2,22,24,25). The second-order valence-electron chi connectivity index (χ2n) is 7.28. The topological polar surface area (TPSA) is 133 Å². The number of hydrogen-bond donors (Lipinski definition) is 1. The molecule has 8 nitrogen and oxygen atoms in total. The molecule has 31 heavy (non-hydrogen) atoms. The summed E-state index contributed by atoms with van der Waals surface area (Å²) in [6, 6.07) is 7.46. The number of halogens is 1. The molecule has 0 unspecified atom stereocenters. The van der Waals surface area contributed by atoms with Gasteiger partial charge in [0, 0.05) is 35.3 Å². The first-order valence-electron chi connectivity index (χ1n) is 9.44. The van der Waals surface area contributed by atoms with Gasteiger partial charge in [-0.3, -0.25) is 0 Å². The molecule has 2 aromatic heterocycles. The van der Waals surface area contributed by atoms with Crippen LogP contribution in [0, 0.1) is 5.82 Å². The van der Waals surface area contributed by atoms with Crippen LogP contribution in [0.3, 0.4) is 0 Å². The fourth-order valence-corrected chi connectivity index (χ4v) is 7.23. The summed E-state index contributed by atoms with van der Waals surface area (Å²) in [6.45, 7) is 0. The van der Waals surface area contributed by atoms with Crippen LogP contribution in [-0.4, -0.2) is 48.5 Å². The molecule has 0 spiro atoms. The lowest BCUT2D eigenvalue weighted by atomic mass is 10.0. The number of nitrogen functional groups attached to an aromatic ring is 1. The molecule has 162 valence electrons. The molecule has 0 saturated carbocycles. The van der Waals surface area contributed by atoms with Crippen molar-refractivity contribution in [3.05, 3.63) is 54.7 Å². The average molecular weight is 463 g/mol. The Morgan fingerprint density at radius 3 is 2.29 bits per heavy atom. The van der Waals surface area contributed by atoms with Crippen molar-refractivity contribution in [2.75, 3.05) is 17.2 Å². The Morgan fingerprint density at radius 2 is 1.65 bits per heavy atom. The van der Waals surface area contributed by atoms with E-state index in [9.17, 15) is 21.2 Å². The molecule has 0 amide bonds. The van der Waals surface area contributed by atoms with Crippen LogP contribution in [0.2, 0.25) is 0 Å². The fraction of sp³-hybridized carbons (Fsp3) is 0.250. The normalized spacial score (nSPS) is 16.8. The molecule has 11 heteroatoms. The first kappa shape index (κ1) is 21.3. The number of aromatic nitrogens is 3. The SMILES string of the molecule is Nc1ncc(-c2ccc(-c3cccnc3S(=O)(=O)C3CCS(=O)(=O)CC3)cc2F)cn1. The summed E-state index contributed by atoms with van der Waals surface area (Å²) in [6.07, 6.45) is 4.19. The van der Waals surface area contributed by atoms with Gasteiger partial charge in [0.25, 0.3) is 0 Å². The van der Waals surface area contributed by atoms with Crippen molar-refractivity contribution >= 4 is 25.6 Å². The van der Waals surface area contributed by atoms with Gasteiger partial charge in [0.05, 0.1) is 16.8 Å². The van der Waals surface area contributed by atoms with Gasteiger partial charge in [-0.25, -0.2) is 36.2 Å². The van der Waals surface area contributed by atoms with Crippen LogP contribution in [0.15, 0.2) is 53.9 Å². The molecule has 4 rings (SSSR count). The van der Waals surface area contributed by atoms with Crippen LogP contribution >= 0.6 is 0 Å². The third kappa shape index (κ3) is 4.28. The third-order valence-corrected chi connectivity index (χ3v) is 9.17. The second-order valence-corrected chi connectivity index (χ2v) is 11.7. The van der Waals surface area contributed by atoms with E-state index in [0.717, 1.165) is 0 Å². The number of nitrogens with two attached hydrogens (primary N) is 1. The van der Waals surface area contributed by atoms with Gasteiger partial charge in [-0.05, 0) is 36.6 Å². The first-order chi connectivity index (χ1) is 14.7. The Hall–Kier alpha value is -2.92. The van der Waals surface area contributed by atoms with E-state index < -0.39 is 30.7 Å². The van der Waals surface area contributed by atoms with Crippen LogP contribution in [0.5, 0.6) is 0 Å². The van der Waals surface area contributed by atoms with Gasteiger partial charge in [0.2, 0.25) is 5.95 Å². The molecular formula is C20H19FN4O4S2. The molecule has 1 aromatic carbocycles. The van der Waals surface area contributed by atoms with E-state index in [1.165, 1.54) is 30.7 Å². The molecule has 0 aliphatic carbocycles. The van der Waals surface area contributed by atoms with Gasteiger partial charge in [-0.1, -0.05) is 12.1 Å². The highest BCUT2D eigenvalue weighted by atomic mass is 32.2. The minimum Gasteiger partial charge on any atom is -0.368 e. The highest BCUT2D eigenvalue weighted by molar-refractivity contribution is 7.93. The highest BCUT2D eigenvalue weighted by Gasteiger charge is 2.36. The van der Waals surface area contributed by atoms with Gasteiger partial charge in [0.1, 0.15) is 15.7 Å². The Balaban J connectivity index is 1.72. The Morgan fingerprint density at radius 1 is 0.968 bits per heavy atom. The Bertz CT molecular complexity index is 1330. The summed E-state index contributed by atoms with van der Waals surface area (Å²) >= 11 is 0. The number of benzene rings is 1. The van der Waals surface area contributed by atoms with Crippen molar-refractivity contribution in [1.29, 1.82) is 0 Å². The third-order valence-electron chi connectivity index (χ3n) is 5.24.